The Kier molecular flexibility index (Phi) is 2.74. The molecule has 0 bridgehead atoms. The SMILES string of the molecule is Cc1nc(-c2cccc(OC(F)(F)F)c2)no1. The number of aromatic nitrogens is 2. The van der Waals surface area contributed by atoms with Crippen molar-refractivity contribution in [3.63, 3.8) is 0 Å². The number of benzene rings is 1. The van der Waals surface area contributed by atoms with Crippen molar-refractivity contribution < 1.29 is 22.4 Å². The summed E-state index contributed by atoms with van der Waals surface area (Å²) in [5, 5.41) is 3.60. The summed E-state index contributed by atoms with van der Waals surface area (Å²) in [5.41, 5.74) is 0.392. The van der Waals surface area contributed by atoms with Crippen molar-refractivity contribution in [2.24, 2.45) is 0 Å². The van der Waals surface area contributed by atoms with Gasteiger partial charge in [0.2, 0.25) is 11.7 Å². The van der Waals surface area contributed by atoms with E-state index in [4.69, 9.17) is 4.52 Å². The van der Waals surface area contributed by atoms with Crippen LogP contribution < -0.4 is 4.74 Å². The second-order valence-corrected chi connectivity index (χ2v) is 3.21. The third-order valence-electron chi connectivity index (χ3n) is 1.85. The lowest BCUT2D eigenvalue weighted by molar-refractivity contribution is -0.274. The van der Waals surface area contributed by atoms with E-state index in [1.165, 1.54) is 18.2 Å². The Morgan fingerprint density at radius 2 is 2.06 bits per heavy atom. The lowest BCUT2D eigenvalue weighted by atomic mass is 10.2. The van der Waals surface area contributed by atoms with Crippen molar-refractivity contribution in [3.8, 4) is 17.1 Å². The first-order chi connectivity index (χ1) is 7.94. The summed E-state index contributed by atoms with van der Waals surface area (Å²) in [6, 6.07) is 5.37. The van der Waals surface area contributed by atoms with Crippen LogP contribution in [0.5, 0.6) is 5.75 Å². The minimum Gasteiger partial charge on any atom is -0.406 e. The Bertz CT molecular complexity index is 522. The van der Waals surface area contributed by atoms with E-state index in [0.717, 1.165) is 0 Å². The van der Waals surface area contributed by atoms with Crippen LogP contribution in [-0.4, -0.2) is 16.5 Å². The first kappa shape index (κ1) is 11.4. The Morgan fingerprint density at radius 3 is 2.65 bits per heavy atom. The standard InChI is InChI=1S/C10H7F3N2O2/c1-6-14-9(15-17-6)7-3-2-4-8(5-7)16-10(11,12)13/h2-5H,1H3. The molecular formula is C10H7F3N2O2. The molecule has 0 N–H and O–H groups in total. The zero-order valence-corrected chi connectivity index (χ0v) is 8.65. The highest BCUT2D eigenvalue weighted by molar-refractivity contribution is 5.56. The van der Waals surface area contributed by atoms with Gasteiger partial charge in [-0.1, -0.05) is 17.3 Å². The van der Waals surface area contributed by atoms with E-state index in [1.807, 2.05) is 0 Å². The maximum Gasteiger partial charge on any atom is 0.573 e. The summed E-state index contributed by atoms with van der Waals surface area (Å²) in [5.74, 6) is 0.231. The summed E-state index contributed by atoms with van der Waals surface area (Å²) >= 11 is 0. The lowest BCUT2D eigenvalue weighted by Crippen LogP contribution is -2.17. The van der Waals surface area contributed by atoms with Crippen molar-refractivity contribution in [2.45, 2.75) is 13.3 Å². The van der Waals surface area contributed by atoms with Gasteiger partial charge < -0.3 is 9.26 Å². The van der Waals surface area contributed by atoms with Crippen LogP contribution in [0, 0.1) is 6.92 Å². The fourth-order valence-electron chi connectivity index (χ4n) is 1.25. The molecule has 0 aliphatic carbocycles. The molecule has 0 aliphatic heterocycles. The molecule has 0 atom stereocenters. The molecule has 0 amide bonds. The van der Waals surface area contributed by atoms with Crippen molar-refractivity contribution in [1.29, 1.82) is 0 Å². The van der Waals surface area contributed by atoms with Crippen molar-refractivity contribution in [1.82, 2.24) is 10.1 Å². The highest BCUT2D eigenvalue weighted by atomic mass is 19.4. The van der Waals surface area contributed by atoms with E-state index < -0.39 is 6.36 Å². The van der Waals surface area contributed by atoms with E-state index in [9.17, 15) is 13.2 Å². The number of hydrogen-bond acceptors (Lipinski definition) is 4. The second kappa shape index (κ2) is 4.08. The molecule has 17 heavy (non-hydrogen) atoms. The Labute approximate surface area is 94.0 Å². The van der Waals surface area contributed by atoms with Gasteiger partial charge in [-0.05, 0) is 12.1 Å². The number of halogens is 3. The maximum absolute atomic E-state index is 12.0. The van der Waals surface area contributed by atoms with E-state index in [1.54, 1.807) is 13.0 Å². The Balaban J connectivity index is 2.29. The van der Waals surface area contributed by atoms with E-state index in [0.29, 0.717) is 11.5 Å². The molecule has 0 saturated carbocycles. The third-order valence-corrected chi connectivity index (χ3v) is 1.85. The highest BCUT2D eigenvalue weighted by Crippen LogP contribution is 2.26. The summed E-state index contributed by atoms with van der Waals surface area (Å²) in [6.45, 7) is 1.59. The van der Waals surface area contributed by atoms with Crippen LogP contribution >= 0.6 is 0 Å². The summed E-state index contributed by atoms with van der Waals surface area (Å²) in [6.07, 6.45) is -4.72. The van der Waals surface area contributed by atoms with Gasteiger partial charge >= 0.3 is 6.36 Å². The van der Waals surface area contributed by atoms with Crippen LogP contribution in [0.25, 0.3) is 11.4 Å². The molecule has 2 rings (SSSR count). The van der Waals surface area contributed by atoms with Crippen molar-refractivity contribution in [2.75, 3.05) is 0 Å². The third kappa shape index (κ3) is 2.96. The first-order valence-corrected chi connectivity index (χ1v) is 4.60. The molecule has 1 aromatic carbocycles. The maximum atomic E-state index is 12.0. The molecule has 7 heteroatoms. The van der Waals surface area contributed by atoms with Crippen LogP contribution in [0.1, 0.15) is 5.89 Å². The molecule has 0 saturated heterocycles. The molecule has 0 fully saturated rings. The first-order valence-electron chi connectivity index (χ1n) is 4.60. The predicted molar refractivity (Wildman–Crippen MR) is 51.2 cm³/mol. The zero-order chi connectivity index (χ0) is 12.5. The Hall–Kier alpha value is -2.05. The number of hydrogen-bond donors (Lipinski definition) is 0. The molecule has 1 aromatic heterocycles. The van der Waals surface area contributed by atoms with E-state index >= 15 is 0 Å². The average molecular weight is 244 g/mol. The van der Waals surface area contributed by atoms with Gasteiger partial charge in [0.15, 0.2) is 0 Å². The van der Waals surface area contributed by atoms with Gasteiger partial charge in [0, 0.05) is 12.5 Å². The summed E-state index contributed by atoms with van der Waals surface area (Å²) in [7, 11) is 0. The predicted octanol–water partition coefficient (Wildman–Crippen LogP) is 2.94. The number of rotatable bonds is 2. The van der Waals surface area contributed by atoms with Crippen LogP contribution in [0.4, 0.5) is 13.2 Å². The fraction of sp³-hybridized carbons (Fsp3) is 0.200. The second-order valence-electron chi connectivity index (χ2n) is 3.21. The minimum absolute atomic E-state index is 0.218. The quantitative estimate of drug-likeness (QED) is 0.814. The van der Waals surface area contributed by atoms with E-state index in [-0.39, 0.29) is 11.6 Å². The van der Waals surface area contributed by atoms with Gasteiger partial charge in [-0.15, -0.1) is 13.2 Å². The molecule has 90 valence electrons. The van der Waals surface area contributed by atoms with Crippen LogP contribution in [0.2, 0.25) is 0 Å². The van der Waals surface area contributed by atoms with Crippen LogP contribution in [0.15, 0.2) is 28.8 Å². The minimum atomic E-state index is -4.72. The molecule has 0 unspecified atom stereocenters. The molecular weight excluding hydrogens is 237 g/mol. The number of alkyl halides is 3. The normalized spacial score (nSPS) is 11.5. The monoisotopic (exact) mass is 244 g/mol. The summed E-state index contributed by atoms with van der Waals surface area (Å²) < 4.78 is 44.5. The van der Waals surface area contributed by atoms with Crippen molar-refractivity contribution in [3.05, 3.63) is 30.2 Å². The molecule has 0 radical (unpaired) electrons. The van der Waals surface area contributed by atoms with Crippen LogP contribution in [-0.2, 0) is 0 Å². The molecule has 2 aromatic rings. The van der Waals surface area contributed by atoms with E-state index in [2.05, 4.69) is 14.9 Å². The topological polar surface area (TPSA) is 48.2 Å². The molecule has 4 nitrogen and oxygen atoms in total. The molecule has 1 heterocycles. The number of ether oxygens (including phenoxy) is 1. The number of nitrogens with zero attached hydrogens (tertiary/aromatic N) is 2. The zero-order valence-electron chi connectivity index (χ0n) is 8.65. The van der Waals surface area contributed by atoms with Crippen molar-refractivity contribution >= 4 is 0 Å². The fourth-order valence-corrected chi connectivity index (χ4v) is 1.25. The van der Waals surface area contributed by atoms with Gasteiger partial charge in [0.25, 0.3) is 0 Å². The van der Waals surface area contributed by atoms with Gasteiger partial charge in [0.1, 0.15) is 5.75 Å². The molecule has 0 spiro atoms. The average Bonchev–Trinajstić information content (AvgIpc) is 2.63. The van der Waals surface area contributed by atoms with Gasteiger partial charge in [-0.3, -0.25) is 0 Å². The van der Waals surface area contributed by atoms with Gasteiger partial charge in [-0.2, -0.15) is 4.98 Å². The molecule has 0 aliphatic rings. The van der Waals surface area contributed by atoms with Gasteiger partial charge in [0.05, 0.1) is 0 Å². The smallest absolute Gasteiger partial charge is 0.406 e. The highest BCUT2D eigenvalue weighted by Gasteiger charge is 2.31. The Morgan fingerprint density at radius 1 is 1.29 bits per heavy atom. The number of aryl methyl sites for hydroxylation is 1. The van der Waals surface area contributed by atoms with Crippen LogP contribution in [0.3, 0.4) is 0 Å². The lowest BCUT2D eigenvalue weighted by Gasteiger charge is -2.08. The van der Waals surface area contributed by atoms with Gasteiger partial charge in [-0.25, -0.2) is 0 Å². The largest absolute Gasteiger partial charge is 0.573 e. The summed E-state index contributed by atoms with van der Waals surface area (Å²) in [4.78, 5) is 3.90.